The van der Waals surface area contributed by atoms with Gasteiger partial charge in [-0.05, 0) is 49.4 Å². The molecule has 0 unspecified atom stereocenters. The van der Waals surface area contributed by atoms with E-state index in [-0.39, 0.29) is 10.6 Å². The molecular weight excluding hydrogens is 466 g/mol. The van der Waals surface area contributed by atoms with Crippen molar-refractivity contribution in [3.05, 3.63) is 66.5 Å². The Hall–Kier alpha value is -3.47. The van der Waals surface area contributed by atoms with Gasteiger partial charge in [-0.25, -0.2) is 13.4 Å². The minimum absolute atomic E-state index is 0.0568. The number of H-pyrrole nitrogens is 1. The molecule has 3 heterocycles. The molecule has 10 heteroatoms. The first-order valence-electron chi connectivity index (χ1n) is 11.4. The summed E-state index contributed by atoms with van der Waals surface area (Å²) in [5, 5.41) is 4.14. The predicted molar refractivity (Wildman–Crippen MR) is 134 cm³/mol. The normalized spacial score (nSPS) is 14.8. The van der Waals surface area contributed by atoms with E-state index in [1.807, 2.05) is 25.1 Å². The summed E-state index contributed by atoms with van der Waals surface area (Å²) in [4.78, 5) is 14.3. The van der Waals surface area contributed by atoms with Crippen LogP contribution in [0.5, 0.6) is 11.6 Å². The molecule has 0 atom stereocenters. The third-order valence-corrected chi connectivity index (χ3v) is 7.50. The van der Waals surface area contributed by atoms with Gasteiger partial charge in [0.1, 0.15) is 5.75 Å². The maximum absolute atomic E-state index is 12.9. The number of sulfone groups is 1. The van der Waals surface area contributed by atoms with E-state index < -0.39 is 9.84 Å². The maximum atomic E-state index is 12.9. The number of rotatable bonds is 8. The summed E-state index contributed by atoms with van der Waals surface area (Å²) in [6, 6.07) is 16.2. The van der Waals surface area contributed by atoms with Gasteiger partial charge in [-0.1, -0.05) is 6.07 Å². The second kappa shape index (κ2) is 10.0. The Morgan fingerprint density at radius 2 is 1.97 bits per heavy atom. The summed E-state index contributed by atoms with van der Waals surface area (Å²) in [6.07, 6.45) is 1.59. The first kappa shape index (κ1) is 23.3. The fraction of sp³-hybridized carbons (Fsp3) is 0.280. The Morgan fingerprint density at radius 1 is 1.11 bits per heavy atom. The van der Waals surface area contributed by atoms with E-state index in [0.29, 0.717) is 43.0 Å². The average Bonchev–Trinajstić information content (AvgIpc) is 3.23. The van der Waals surface area contributed by atoms with Crippen molar-refractivity contribution in [2.75, 3.05) is 43.9 Å². The van der Waals surface area contributed by atoms with Crippen LogP contribution < -0.4 is 10.1 Å². The minimum atomic E-state index is -3.43. The molecule has 0 spiro atoms. The topological polar surface area (TPSA) is 109 Å². The smallest absolute Gasteiger partial charge is 0.230 e. The summed E-state index contributed by atoms with van der Waals surface area (Å²) in [6.45, 7) is 5.29. The Bertz CT molecular complexity index is 1430. The minimum Gasteiger partial charge on any atom is -0.439 e. The first-order chi connectivity index (χ1) is 16.9. The molecule has 1 aliphatic rings. The highest BCUT2D eigenvalue weighted by molar-refractivity contribution is 7.91. The monoisotopic (exact) mass is 493 g/mol. The van der Waals surface area contributed by atoms with Crippen LogP contribution in [0.25, 0.3) is 10.9 Å². The molecule has 2 aromatic carbocycles. The second-order valence-corrected chi connectivity index (χ2v) is 10.6. The lowest BCUT2D eigenvalue weighted by molar-refractivity contribution is 0.0408. The molecule has 4 aromatic rings. The van der Waals surface area contributed by atoms with Crippen LogP contribution in [0.1, 0.15) is 5.69 Å². The Morgan fingerprint density at radius 3 is 2.83 bits per heavy atom. The van der Waals surface area contributed by atoms with Crippen LogP contribution in [0.15, 0.2) is 65.7 Å². The van der Waals surface area contributed by atoms with Gasteiger partial charge in [0.15, 0.2) is 9.84 Å². The lowest BCUT2D eigenvalue weighted by Crippen LogP contribution is -2.39. The van der Waals surface area contributed by atoms with E-state index in [1.54, 1.807) is 36.5 Å². The standard InChI is InChI=1S/C25H27N5O4S/c1-18-15-19-16-21(5-6-23(19)27-18)34-24-7-8-26-25(29-24)28-20-3-2-4-22(17-20)35(31,32)14-11-30-9-12-33-13-10-30/h2-8,15-17,27H,9-14H2,1H3,(H,26,28,29). The van der Waals surface area contributed by atoms with Crippen molar-refractivity contribution in [2.45, 2.75) is 11.8 Å². The zero-order valence-corrected chi connectivity index (χ0v) is 20.2. The Labute approximate surface area is 204 Å². The van der Waals surface area contributed by atoms with Crippen LogP contribution in [0, 0.1) is 6.92 Å². The van der Waals surface area contributed by atoms with E-state index in [4.69, 9.17) is 9.47 Å². The van der Waals surface area contributed by atoms with Gasteiger partial charge < -0.3 is 19.8 Å². The molecule has 0 saturated carbocycles. The SMILES string of the molecule is Cc1cc2cc(Oc3ccnc(Nc4cccc(S(=O)(=O)CCN5CCOCC5)c4)n3)ccc2[nH]1. The highest BCUT2D eigenvalue weighted by atomic mass is 32.2. The number of aromatic amines is 1. The van der Waals surface area contributed by atoms with Crippen LogP contribution in [-0.2, 0) is 14.6 Å². The molecule has 9 nitrogen and oxygen atoms in total. The van der Waals surface area contributed by atoms with E-state index in [1.165, 1.54) is 0 Å². The van der Waals surface area contributed by atoms with Crippen molar-refractivity contribution in [1.82, 2.24) is 19.9 Å². The third kappa shape index (κ3) is 5.79. The van der Waals surface area contributed by atoms with Crippen LogP contribution in [0.3, 0.4) is 0 Å². The van der Waals surface area contributed by atoms with E-state index in [2.05, 4.69) is 31.2 Å². The van der Waals surface area contributed by atoms with Crippen molar-refractivity contribution in [2.24, 2.45) is 0 Å². The molecule has 1 aliphatic heterocycles. The molecule has 0 bridgehead atoms. The largest absolute Gasteiger partial charge is 0.439 e. The van der Waals surface area contributed by atoms with Crippen LogP contribution in [0.2, 0.25) is 0 Å². The van der Waals surface area contributed by atoms with Gasteiger partial charge in [0.05, 0.1) is 23.9 Å². The highest BCUT2D eigenvalue weighted by Crippen LogP contribution is 2.26. The molecule has 5 rings (SSSR count). The average molecular weight is 494 g/mol. The maximum Gasteiger partial charge on any atom is 0.230 e. The summed E-state index contributed by atoms with van der Waals surface area (Å²) < 4.78 is 37.0. The van der Waals surface area contributed by atoms with Gasteiger partial charge in [0.25, 0.3) is 0 Å². The van der Waals surface area contributed by atoms with Gasteiger partial charge in [0, 0.05) is 54.2 Å². The zero-order chi connectivity index (χ0) is 24.3. The van der Waals surface area contributed by atoms with Crippen molar-refractivity contribution in [3.63, 3.8) is 0 Å². The number of nitrogens with zero attached hydrogens (tertiary/aromatic N) is 3. The number of benzene rings is 2. The first-order valence-corrected chi connectivity index (χ1v) is 13.1. The molecule has 0 radical (unpaired) electrons. The lowest BCUT2D eigenvalue weighted by atomic mass is 10.2. The highest BCUT2D eigenvalue weighted by Gasteiger charge is 2.18. The number of nitrogens with one attached hydrogen (secondary N) is 2. The predicted octanol–water partition coefficient (Wildman–Crippen LogP) is 3.91. The quantitative estimate of drug-likeness (QED) is 0.380. The van der Waals surface area contributed by atoms with E-state index in [0.717, 1.165) is 29.7 Å². The van der Waals surface area contributed by atoms with Crippen molar-refractivity contribution in [1.29, 1.82) is 0 Å². The molecule has 0 amide bonds. The van der Waals surface area contributed by atoms with Crippen LogP contribution in [0.4, 0.5) is 11.6 Å². The zero-order valence-electron chi connectivity index (χ0n) is 19.4. The molecule has 35 heavy (non-hydrogen) atoms. The Kier molecular flexibility index (Phi) is 6.67. The molecule has 2 N–H and O–H groups in total. The molecular formula is C25H27N5O4S. The fourth-order valence-corrected chi connectivity index (χ4v) is 5.31. The molecule has 1 saturated heterocycles. The summed E-state index contributed by atoms with van der Waals surface area (Å²) in [5.41, 5.74) is 2.70. The second-order valence-electron chi connectivity index (χ2n) is 8.45. The number of anilines is 2. The third-order valence-electron chi connectivity index (χ3n) is 5.81. The summed E-state index contributed by atoms with van der Waals surface area (Å²) in [7, 11) is -3.43. The van der Waals surface area contributed by atoms with Gasteiger partial charge in [0.2, 0.25) is 11.8 Å². The van der Waals surface area contributed by atoms with Crippen molar-refractivity contribution >= 4 is 32.4 Å². The van der Waals surface area contributed by atoms with Crippen LogP contribution in [-0.4, -0.2) is 66.9 Å². The summed E-state index contributed by atoms with van der Waals surface area (Å²) in [5.74, 6) is 1.41. The Balaban J connectivity index is 1.26. The van der Waals surface area contributed by atoms with Gasteiger partial charge in [-0.15, -0.1) is 0 Å². The summed E-state index contributed by atoms with van der Waals surface area (Å²) >= 11 is 0. The van der Waals surface area contributed by atoms with E-state index >= 15 is 0 Å². The number of fused-ring (bicyclic) bond motifs is 1. The molecule has 2 aromatic heterocycles. The van der Waals surface area contributed by atoms with E-state index in [9.17, 15) is 8.42 Å². The lowest BCUT2D eigenvalue weighted by Gasteiger charge is -2.26. The number of aryl methyl sites for hydroxylation is 1. The van der Waals surface area contributed by atoms with Gasteiger partial charge in [-0.3, -0.25) is 4.90 Å². The van der Waals surface area contributed by atoms with Crippen molar-refractivity contribution in [3.8, 4) is 11.6 Å². The molecule has 1 fully saturated rings. The number of hydrogen-bond donors (Lipinski definition) is 2. The number of morpholine rings is 1. The fourth-order valence-electron chi connectivity index (χ4n) is 3.99. The van der Waals surface area contributed by atoms with Crippen molar-refractivity contribution < 1.29 is 17.9 Å². The van der Waals surface area contributed by atoms with Gasteiger partial charge in [-0.2, -0.15) is 4.98 Å². The van der Waals surface area contributed by atoms with Crippen LogP contribution >= 0.6 is 0 Å². The number of aromatic nitrogens is 3. The molecule has 0 aliphatic carbocycles. The number of hydrogen-bond acceptors (Lipinski definition) is 8. The number of ether oxygens (including phenoxy) is 2. The molecule has 182 valence electrons. The van der Waals surface area contributed by atoms with Gasteiger partial charge >= 0.3 is 0 Å².